The largest absolute Gasteiger partial charge is 0.315 e. The average Bonchev–Trinajstić information content (AvgIpc) is 2.63. The highest BCUT2D eigenvalue weighted by atomic mass is 79.9. The number of rotatable bonds is 3. The van der Waals surface area contributed by atoms with Crippen LogP contribution in [0.3, 0.4) is 0 Å². The lowest BCUT2D eigenvalue weighted by molar-refractivity contribution is 0.602. The molecule has 1 aromatic heterocycles. The van der Waals surface area contributed by atoms with Crippen molar-refractivity contribution in [1.29, 1.82) is 0 Å². The summed E-state index contributed by atoms with van der Waals surface area (Å²) in [5.74, 6) is 0. The van der Waals surface area contributed by atoms with Crippen molar-refractivity contribution in [3.8, 4) is 0 Å². The van der Waals surface area contributed by atoms with Crippen molar-refractivity contribution in [1.82, 2.24) is 4.98 Å². The standard InChI is InChI=1S/C11H11BrN2O3S2/c1-6-3-4-9(8(12)5-6)14-19(16,17)10-7(2)13-11(15)18-10/h3-5,14H,1-2H3,(H,13,15). The van der Waals surface area contributed by atoms with Gasteiger partial charge in [-0.05, 0) is 47.5 Å². The van der Waals surface area contributed by atoms with E-state index in [1.807, 2.05) is 13.0 Å². The number of aromatic amines is 1. The van der Waals surface area contributed by atoms with Crippen LogP contribution in [0.25, 0.3) is 0 Å². The second-order valence-electron chi connectivity index (χ2n) is 4.02. The van der Waals surface area contributed by atoms with Crippen molar-refractivity contribution in [3.63, 3.8) is 0 Å². The smallest absolute Gasteiger partial charge is 0.306 e. The molecule has 8 heteroatoms. The number of anilines is 1. The van der Waals surface area contributed by atoms with Crippen LogP contribution >= 0.6 is 27.3 Å². The zero-order valence-electron chi connectivity index (χ0n) is 10.2. The summed E-state index contributed by atoms with van der Waals surface area (Å²) in [4.78, 5) is 13.3. The summed E-state index contributed by atoms with van der Waals surface area (Å²) in [5.41, 5.74) is 1.79. The molecule has 2 N–H and O–H groups in total. The number of benzene rings is 1. The average molecular weight is 363 g/mol. The quantitative estimate of drug-likeness (QED) is 0.880. The second-order valence-corrected chi connectivity index (χ2v) is 7.73. The third-order valence-corrected chi connectivity index (χ3v) is 6.02. The van der Waals surface area contributed by atoms with E-state index >= 15 is 0 Å². The third-order valence-electron chi connectivity index (χ3n) is 2.39. The van der Waals surface area contributed by atoms with Crippen LogP contribution in [-0.4, -0.2) is 13.4 Å². The minimum absolute atomic E-state index is 0.00461. The van der Waals surface area contributed by atoms with Gasteiger partial charge in [0.2, 0.25) is 0 Å². The van der Waals surface area contributed by atoms with Gasteiger partial charge in [-0.15, -0.1) is 0 Å². The summed E-state index contributed by atoms with van der Waals surface area (Å²) in [6.07, 6.45) is 0. The van der Waals surface area contributed by atoms with E-state index in [2.05, 4.69) is 25.6 Å². The maximum atomic E-state index is 12.2. The van der Waals surface area contributed by atoms with Crippen LogP contribution in [0.2, 0.25) is 0 Å². The van der Waals surface area contributed by atoms with Crippen molar-refractivity contribution in [2.75, 3.05) is 4.72 Å². The molecule has 0 bridgehead atoms. The molecule has 19 heavy (non-hydrogen) atoms. The Morgan fingerprint density at radius 1 is 1.32 bits per heavy atom. The Kier molecular flexibility index (Phi) is 3.84. The molecule has 102 valence electrons. The first-order chi connectivity index (χ1) is 8.79. The minimum atomic E-state index is -3.75. The molecule has 0 saturated carbocycles. The second kappa shape index (κ2) is 5.10. The number of hydrogen-bond acceptors (Lipinski definition) is 4. The Hall–Kier alpha value is -1.12. The fourth-order valence-electron chi connectivity index (χ4n) is 1.54. The fourth-order valence-corrected chi connectivity index (χ4v) is 4.65. The summed E-state index contributed by atoms with van der Waals surface area (Å²) >= 11 is 3.98. The van der Waals surface area contributed by atoms with Crippen LogP contribution in [0.4, 0.5) is 5.69 Å². The van der Waals surface area contributed by atoms with Crippen LogP contribution in [0.5, 0.6) is 0 Å². The zero-order chi connectivity index (χ0) is 14.2. The highest BCUT2D eigenvalue weighted by Gasteiger charge is 2.21. The summed E-state index contributed by atoms with van der Waals surface area (Å²) < 4.78 is 27.5. The van der Waals surface area contributed by atoms with E-state index in [1.54, 1.807) is 19.1 Å². The van der Waals surface area contributed by atoms with Crippen LogP contribution < -0.4 is 9.60 Å². The van der Waals surface area contributed by atoms with E-state index in [9.17, 15) is 13.2 Å². The molecule has 0 spiro atoms. The molecule has 0 amide bonds. The lowest BCUT2D eigenvalue weighted by Gasteiger charge is -2.09. The van der Waals surface area contributed by atoms with Crippen molar-refractivity contribution < 1.29 is 8.42 Å². The molecular weight excluding hydrogens is 352 g/mol. The molecule has 1 aromatic carbocycles. The number of thiazole rings is 1. The molecule has 2 aromatic rings. The number of aryl methyl sites for hydroxylation is 2. The van der Waals surface area contributed by atoms with Gasteiger partial charge in [0.1, 0.15) is 0 Å². The number of H-pyrrole nitrogens is 1. The van der Waals surface area contributed by atoms with Crippen molar-refractivity contribution in [3.05, 3.63) is 43.6 Å². The number of nitrogens with one attached hydrogen (secondary N) is 2. The zero-order valence-corrected chi connectivity index (χ0v) is 13.4. The summed E-state index contributed by atoms with van der Waals surface area (Å²) in [7, 11) is -3.75. The lowest BCUT2D eigenvalue weighted by atomic mass is 10.2. The van der Waals surface area contributed by atoms with Crippen LogP contribution in [0, 0.1) is 13.8 Å². The van der Waals surface area contributed by atoms with Crippen molar-refractivity contribution in [2.24, 2.45) is 0 Å². The van der Waals surface area contributed by atoms with Gasteiger partial charge in [-0.25, -0.2) is 8.42 Å². The summed E-state index contributed by atoms with van der Waals surface area (Å²) in [6, 6.07) is 5.28. The van der Waals surface area contributed by atoms with E-state index in [0.717, 1.165) is 5.56 Å². The first kappa shape index (κ1) is 14.3. The van der Waals surface area contributed by atoms with Crippen LogP contribution in [-0.2, 0) is 10.0 Å². The van der Waals surface area contributed by atoms with Gasteiger partial charge in [0, 0.05) is 10.2 Å². The highest BCUT2D eigenvalue weighted by molar-refractivity contribution is 9.10. The Morgan fingerprint density at radius 3 is 2.53 bits per heavy atom. The summed E-state index contributed by atoms with van der Waals surface area (Å²) in [5, 5.41) is 0. The van der Waals surface area contributed by atoms with Crippen molar-refractivity contribution >= 4 is 43.0 Å². The van der Waals surface area contributed by atoms with E-state index in [-0.39, 0.29) is 9.08 Å². The molecule has 0 saturated heterocycles. The molecule has 0 fully saturated rings. The Balaban J connectivity index is 2.42. The van der Waals surface area contributed by atoms with E-state index in [1.165, 1.54) is 0 Å². The van der Waals surface area contributed by atoms with Crippen LogP contribution in [0.1, 0.15) is 11.3 Å². The molecule has 0 aliphatic carbocycles. The Morgan fingerprint density at radius 2 is 2.00 bits per heavy atom. The molecule has 0 unspecified atom stereocenters. The fraction of sp³-hybridized carbons (Fsp3) is 0.182. The Bertz CT molecular complexity index is 777. The van der Waals surface area contributed by atoms with Gasteiger partial charge in [0.25, 0.3) is 10.0 Å². The van der Waals surface area contributed by atoms with E-state index in [0.29, 0.717) is 27.2 Å². The van der Waals surface area contributed by atoms with Gasteiger partial charge in [0.05, 0.1) is 5.69 Å². The van der Waals surface area contributed by atoms with E-state index in [4.69, 9.17) is 0 Å². The number of halogens is 1. The molecular formula is C11H11BrN2O3S2. The van der Waals surface area contributed by atoms with E-state index < -0.39 is 10.0 Å². The minimum Gasteiger partial charge on any atom is -0.315 e. The van der Waals surface area contributed by atoms with Crippen molar-refractivity contribution in [2.45, 2.75) is 18.1 Å². The highest BCUT2D eigenvalue weighted by Crippen LogP contribution is 2.27. The van der Waals surface area contributed by atoms with Gasteiger partial charge < -0.3 is 4.98 Å². The van der Waals surface area contributed by atoms with Gasteiger partial charge in [-0.2, -0.15) is 0 Å². The molecule has 0 radical (unpaired) electrons. The van der Waals surface area contributed by atoms with Gasteiger partial charge in [-0.1, -0.05) is 17.4 Å². The van der Waals surface area contributed by atoms with Gasteiger partial charge in [0.15, 0.2) is 4.21 Å². The van der Waals surface area contributed by atoms with Gasteiger partial charge in [-0.3, -0.25) is 9.52 Å². The van der Waals surface area contributed by atoms with Gasteiger partial charge >= 0.3 is 4.87 Å². The first-order valence-electron chi connectivity index (χ1n) is 5.28. The van der Waals surface area contributed by atoms with Crippen LogP contribution in [0.15, 0.2) is 31.7 Å². The summed E-state index contributed by atoms with van der Waals surface area (Å²) in [6.45, 7) is 3.46. The monoisotopic (exact) mass is 362 g/mol. The topological polar surface area (TPSA) is 79.0 Å². The number of aromatic nitrogens is 1. The Labute approximate surface area is 122 Å². The number of hydrogen-bond donors (Lipinski definition) is 2. The maximum absolute atomic E-state index is 12.2. The third kappa shape index (κ3) is 3.07. The SMILES string of the molecule is Cc1ccc(NS(=O)(=O)c2sc(=O)[nH]c2C)c(Br)c1. The molecule has 5 nitrogen and oxygen atoms in total. The molecule has 1 heterocycles. The molecule has 0 aliphatic heterocycles. The maximum Gasteiger partial charge on any atom is 0.306 e. The normalized spacial score (nSPS) is 11.5. The predicted molar refractivity (Wildman–Crippen MR) is 79.4 cm³/mol. The predicted octanol–water partition coefficient (Wildman–Crippen LogP) is 2.62. The molecule has 0 atom stereocenters. The molecule has 2 rings (SSSR count). The lowest BCUT2D eigenvalue weighted by Crippen LogP contribution is -2.13. The first-order valence-corrected chi connectivity index (χ1v) is 8.37. The molecule has 0 aliphatic rings. The number of sulfonamides is 1.